The highest BCUT2D eigenvalue weighted by atomic mass is 19.1. The summed E-state index contributed by atoms with van der Waals surface area (Å²) in [5.41, 5.74) is 3.66. The number of rotatable bonds is 2. The molecular formula is C21H24FN3O. The summed E-state index contributed by atoms with van der Waals surface area (Å²) in [5, 5.41) is 14.9. The number of phenolic OH excluding ortho intramolecular Hbond substituents is 1. The van der Waals surface area contributed by atoms with Crippen LogP contribution in [0.3, 0.4) is 0 Å². The molecule has 0 saturated carbocycles. The summed E-state index contributed by atoms with van der Waals surface area (Å²) < 4.78 is 15.6. The average Bonchev–Trinajstić information content (AvgIpc) is 3.04. The fourth-order valence-electron chi connectivity index (χ4n) is 3.67. The second kappa shape index (κ2) is 6.01. The largest absolute Gasteiger partial charge is 0.505 e. The Morgan fingerprint density at radius 2 is 1.69 bits per heavy atom. The zero-order valence-electron chi connectivity index (χ0n) is 15.5. The first-order chi connectivity index (χ1) is 12.4. The Morgan fingerprint density at radius 3 is 2.35 bits per heavy atom. The number of piperidine rings is 1. The normalized spacial score (nSPS) is 17.0. The Bertz CT molecular complexity index is 950. The number of nitrogens with zero attached hydrogens (tertiary/aromatic N) is 3. The van der Waals surface area contributed by atoms with Gasteiger partial charge in [-0.3, -0.25) is 0 Å². The minimum Gasteiger partial charge on any atom is -0.505 e. The second-order valence-electron chi connectivity index (χ2n) is 7.99. The highest BCUT2D eigenvalue weighted by molar-refractivity contribution is 5.85. The molecule has 0 aliphatic carbocycles. The van der Waals surface area contributed by atoms with Crippen molar-refractivity contribution in [3.05, 3.63) is 47.9 Å². The van der Waals surface area contributed by atoms with Gasteiger partial charge in [-0.15, -0.1) is 0 Å². The molecule has 1 fully saturated rings. The minimum atomic E-state index is -0.583. The molecule has 4 rings (SSSR count). The lowest BCUT2D eigenvalue weighted by Crippen LogP contribution is -2.37. The number of aromatic nitrogens is 2. The predicted octanol–water partition coefficient (Wildman–Crippen LogP) is 4.81. The third kappa shape index (κ3) is 2.81. The summed E-state index contributed by atoms with van der Waals surface area (Å²) in [6.07, 6.45) is 4.04. The van der Waals surface area contributed by atoms with Crippen LogP contribution in [0.1, 0.15) is 32.3 Å². The molecule has 4 nitrogen and oxygen atoms in total. The fourth-order valence-corrected chi connectivity index (χ4v) is 3.67. The van der Waals surface area contributed by atoms with Gasteiger partial charge in [-0.25, -0.2) is 9.07 Å². The van der Waals surface area contributed by atoms with Crippen molar-refractivity contribution in [3.8, 4) is 11.4 Å². The average molecular weight is 353 g/mol. The number of aromatic hydroxyl groups is 1. The summed E-state index contributed by atoms with van der Waals surface area (Å²) in [7, 11) is 0. The van der Waals surface area contributed by atoms with E-state index < -0.39 is 5.82 Å². The summed E-state index contributed by atoms with van der Waals surface area (Å²) in [6.45, 7) is 8.46. The second-order valence-corrected chi connectivity index (χ2v) is 7.99. The van der Waals surface area contributed by atoms with E-state index in [9.17, 15) is 9.50 Å². The van der Waals surface area contributed by atoms with Crippen LogP contribution in [0.15, 0.2) is 36.5 Å². The third-order valence-corrected chi connectivity index (χ3v) is 5.61. The predicted molar refractivity (Wildman–Crippen MR) is 103 cm³/mol. The van der Waals surface area contributed by atoms with E-state index >= 15 is 0 Å². The molecule has 5 heteroatoms. The Balaban J connectivity index is 1.65. The van der Waals surface area contributed by atoms with Crippen molar-refractivity contribution in [2.45, 2.75) is 33.6 Å². The zero-order valence-corrected chi connectivity index (χ0v) is 15.5. The van der Waals surface area contributed by atoms with E-state index in [2.05, 4.69) is 36.0 Å². The Hall–Kier alpha value is -2.56. The van der Waals surface area contributed by atoms with E-state index in [1.165, 1.54) is 24.6 Å². The standard InChI is InChI=1S/C21H24FN3O/c1-14-17-13-23-25(18(17)12-19(26)20(14)22)16-6-4-15(5-7-16)24-10-8-21(2,3)9-11-24/h4-7,12-13,26H,8-11H2,1-3H3. The molecule has 2 aromatic carbocycles. The van der Waals surface area contributed by atoms with Gasteiger partial charge in [-0.1, -0.05) is 13.8 Å². The van der Waals surface area contributed by atoms with Gasteiger partial charge in [0, 0.05) is 30.2 Å². The molecule has 26 heavy (non-hydrogen) atoms. The molecule has 2 heterocycles. The van der Waals surface area contributed by atoms with Crippen molar-refractivity contribution in [2.24, 2.45) is 5.41 Å². The van der Waals surface area contributed by atoms with Crippen molar-refractivity contribution >= 4 is 16.6 Å². The van der Waals surface area contributed by atoms with Crippen molar-refractivity contribution < 1.29 is 9.50 Å². The van der Waals surface area contributed by atoms with E-state index in [-0.39, 0.29) is 5.75 Å². The highest BCUT2D eigenvalue weighted by Gasteiger charge is 2.25. The lowest BCUT2D eigenvalue weighted by atomic mass is 9.82. The molecule has 1 saturated heterocycles. The van der Waals surface area contributed by atoms with Gasteiger partial charge >= 0.3 is 0 Å². The number of fused-ring (bicyclic) bond motifs is 1. The van der Waals surface area contributed by atoms with Crippen molar-refractivity contribution in [3.63, 3.8) is 0 Å². The van der Waals surface area contributed by atoms with E-state index in [0.717, 1.165) is 18.8 Å². The number of anilines is 1. The minimum absolute atomic E-state index is 0.343. The van der Waals surface area contributed by atoms with Gasteiger partial charge in [0.15, 0.2) is 11.6 Å². The number of hydrogen-bond acceptors (Lipinski definition) is 3. The topological polar surface area (TPSA) is 41.3 Å². The summed E-state index contributed by atoms with van der Waals surface area (Å²) in [6, 6.07) is 9.70. The molecule has 0 unspecified atom stereocenters. The van der Waals surface area contributed by atoms with E-state index in [0.29, 0.717) is 21.9 Å². The SMILES string of the molecule is Cc1c(F)c(O)cc2c1cnn2-c1ccc(N2CCC(C)(C)CC2)cc1. The molecule has 136 valence electrons. The molecule has 0 spiro atoms. The van der Waals surface area contributed by atoms with E-state index in [4.69, 9.17) is 0 Å². The summed E-state index contributed by atoms with van der Waals surface area (Å²) in [4.78, 5) is 2.42. The van der Waals surface area contributed by atoms with Gasteiger partial charge in [-0.2, -0.15) is 5.10 Å². The molecule has 1 aliphatic rings. The molecule has 0 bridgehead atoms. The number of benzene rings is 2. The van der Waals surface area contributed by atoms with Crippen LogP contribution >= 0.6 is 0 Å². The van der Waals surface area contributed by atoms with Gasteiger partial charge in [0.25, 0.3) is 0 Å². The Morgan fingerprint density at radius 1 is 1.08 bits per heavy atom. The van der Waals surface area contributed by atoms with Crippen LogP contribution in [0.2, 0.25) is 0 Å². The van der Waals surface area contributed by atoms with Crippen LogP contribution in [0.5, 0.6) is 5.75 Å². The summed E-state index contributed by atoms with van der Waals surface area (Å²) in [5.74, 6) is -0.926. The first-order valence-electron chi connectivity index (χ1n) is 9.07. The number of phenols is 1. The number of aryl methyl sites for hydroxylation is 1. The number of halogens is 1. The highest BCUT2D eigenvalue weighted by Crippen LogP contribution is 2.33. The molecular weight excluding hydrogens is 329 g/mol. The van der Waals surface area contributed by atoms with Crippen LogP contribution in [-0.4, -0.2) is 28.0 Å². The van der Waals surface area contributed by atoms with Gasteiger partial charge in [0.1, 0.15) is 0 Å². The lowest BCUT2D eigenvalue weighted by Gasteiger charge is -2.38. The van der Waals surface area contributed by atoms with Crippen LogP contribution in [0.4, 0.5) is 10.1 Å². The van der Waals surface area contributed by atoms with Crippen molar-refractivity contribution in [1.82, 2.24) is 9.78 Å². The molecule has 1 N–H and O–H groups in total. The molecule has 0 atom stereocenters. The fraction of sp³-hybridized carbons (Fsp3) is 0.381. The van der Waals surface area contributed by atoms with Crippen LogP contribution in [0.25, 0.3) is 16.6 Å². The molecule has 1 aromatic heterocycles. The van der Waals surface area contributed by atoms with Crippen LogP contribution < -0.4 is 4.90 Å². The zero-order chi connectivity index (χ0) is 18.5. The van der Waals surface area contributed by atoms with Gasteiger partial charge in [0.2, 0.25) is 0 Å². The summed E-state index contributed by atoms with van der Waals surface area (Å²) >= 11 is 0. The third-order valence-electron chi connectivity index (χ3n) is 5.61. The first-order valence-corrected chi connectivity index (χ1v) is 9.07. The van der Waals surface area contributed by atoms with Gasteiger partial charge < -0.3 is 10.0 Å². The van der Waals surface area contributed by atoms with Crippen LogP contribution in [0, 0.1) is 18.2 Å². The Kier molecular flexibility index (Phi) is 3.90. The van der Waals surface area contributed by atoms with Crippen molar-refractivity contribution in [1.29, 1.82) is 0 Å². The maximum atomic E-state index is 13.9. The van der Waals surface area contributed by atoms with E-state index in [1.807, 2.05) is 12.1 Å². The maximum absolute atomic E-state index is 13.9. The molecule has 3 aromatic rings. The van der Waals surface area contributed by atoms with Gasteiger partial charge in [-0.05, 0) is 55.0 Å². The molecule has 0 amide bonds. The molecule has 0 radical (unpaired) electrons. The van der Waals surface area contributed by atoms with Crippen LogP contribution in [-0.2, 0) is 0 Å². The van der Waals surface area contributed by atoms with Gasteiger partial charge in [0.05, 0.1) is 17.4 Å². The monoisotopic (exact) mass is 353 g/mol. The Labute approximate surface area is 152 Å². The van der Waals surface area contributed by atoms with E-state index in [1.54, 1.807) is 17.8 Å². The lowest BCUT2D eigenvalue weighted by molar-refractivity contribution is 0.280. The molecule has 1 aliphatic heterocycles. The quantitative estimate of drug-likeness (QED) is 0.719. The first kappa shape index (κ1) is 16.9. The van der Waals surface area contributed by atoms with Crippen molar-refractivity contribution in [2.75, 3.05) is 18.0 Å². The smallest absolute Gasteiger partial charge is 0.168 e. The maximum Gasteiger partial charge on any atom is 0.168 e. The number of hydrogen-bond donors (Lipinski definition) is 1.